The number of Topliss-reactive ketones (excluding diaryl/α,β-unsaturated/α-hetero) is 1. The van der Waals surface area contributed by atoms with Crippen molar-refractivity contribution < 1.29 is 19.1 Å². The Labute approximate surface area is 158 Å². The van der Waals surface area contributed by atoms with E-state index in [1.54, 1.807) is 30.3 Å². The molecule has 0 aliphatic heterocycles. The molecule has 0 saturated heterocycles. The quantitative estimate of drug-likeness (QED) is 0.643. The van der Waals surface area contributed by atoms with Gasteiger partial charge in [-0.2, -0.15) is 0 Å². The van der Waals surface area contributed by atoms with Crippen molar-refractivity contribution in [2.45, 2.75) is 45.6 Å². The van der Waals surface area contributed by atoms with E-state index in [1.807, 2.05) is 12.1 Å². The number of para-hydroxylation sites is 1. The number of ether oxygens (including phenoxy) is 1. The van der Waals surface area contributed by atoms with E-state index >= 15 is 0 Å². The molecule has 1 atom stereocenters. The second-order valence-corrected chi connectivity index (χ2v) is 6.83. The van der Waals surface area contributed by atoms with Crippen LogP contribution in [0.1, 0.15) is 58.5 Å². The standard InChI is InChI=1S/C22H23NO4/c1-14(24)19-9-5-6-10-20(19)23-21(25)15(2)27-22(26)18-12-11-16-7-3-4-8-17(16)13-18/h5-6,9-13,15H,3-4,7-8H2,1-2H3,(H,23,25)/t15-/m0/s1. The molecule has 2 aromatic carbocycles. The van der Waals surface area contributed by atoms with Gasteiger partial charge < -0.3 is 10.1 Å². The second-order valence-electron chi connectivity index (χ2n) is 6.83. The van der Waals surface area contributed by atoms with Gasteiger partial charge in [0.05, 0.1) is 11.3 Å². The Bertz CT molecular complexity index is 888. The van der Waals surface area contributed by atoms with Crippen molar-refractivity contribution in [2.75, 3.05) is 5.32 Å². The van der Waals surface area contributed by atoms with Gasteiger partial charge in [-0.3, -0.25) is 9.59 Å². The summed E-state index contributed by atoms with van der Waals surface area (Å²) in [5, 5.41) is 2.66. The van der Waals surface area contributed by atoms with E-state index in [0.29, 0.717) is 16.8 Å². The highest BCUT2D eigenvalue weighted by atomic mass is 16.5. The van der Waals surface area contributed by atoms with E-state index in [1.165, 1.54) is 31.4 Å². The molecule has 2 aromatic rings. The molecular weight excluding hydrogens is 342 g/mol. The molecule has 0 fully saturated rings. The number of benzene rings is 2. The minimum Gasteiger partial charge on any atom is -0.449 e. The number of carbonyl (C=O) groups is 3. The van der Waals surface area contributed by atoms with Gasteiger partial charge in [0.2, 0.25) is 0 Å². The molecule has 1 aliphatic rings. The van der Waals surface area contributed by atoms with Crippen LogP contribution in [0.25, 0.3) is 0 Å². The average molecular weight is 365 g/mol. The van der Waals surface area contributed by atoms with Crippen LogP contribution in [0.3, 0.4) is 0 Å². The number of amides is 1. The van der Waals surface area contributed by atoms with Gasteiger partial charge in [-0.1, -0.05) is 18.2 Å². The van der Waals surface area contributed by atoms with Crippen molar-refractivity contribution in [3.63, 3.8) is 0 Å². The SMILES string of the molecule is CC(=O)c1ccccc1NC(=O)[C@H](C)OC(=O)c1ccc2c(c1)CCCC2. The first-order valence-electron chi connectivity index (χ1n) is 9.19. The first-order chi connectivity index (χ1) is 13.0. The lowest BCUT2D eigenvalue weighted by molar-refractivity contribution is -0.123. The molecule has 5 nitrogen and oxygen atoms in total. The zero-order valence-electron chi connectivity index (χ0n) is 15.6. The lowest BCUT2D eigenvalue weighted by Gasteiger charge is -2.18. The predicted octanol–water partition coefficient (Wildman–Crippen LogP) is 3.95. The van der Waals surface area contributed by atoms with E-state index in [4.69, 9.17) is 4.74 Å². The first kappa shape index (κ1) is 18.8. The highest BCUT2D eigenvalue weighted by Crippen LogP contribution is 2.23. The van der Waals surface area contributed by atoms with E-state index in [0.717, 1.165) is 19.3 Å². The van der Waals surface area contributed by atoms with Crippen LogP contribution >= 0.6 is 0 Å². The van der Waals surface area contributed by atoms with Crippen LogP contribution in [0.15, 0.2) is 42.5 Å². The molecule has 27 heavy (non-hydrogen) atoms. The molecule has 3 rings (SSSR count). The Hall–Kier alpha value is -2.95. The fourth-order valence-corrected chi connectivity index (χ4v) is 3.28. The number of ketones is 1. The summed E-state index contributed by atoms with van der Waals surface area (Å²) in [5.41, 5.74) is 3.75. The maximum Gasteiger partial charge on any atom is 0.338 e. The number of nitrogens with one attached hydrogen (secondary N) is 1. The third-order valence-electron chi connectivity index (χ3n) is 4.80. The van der Waals surface area contributed by atoms with Crippen LogP contribution in [0.5, 0.6) is 0 Å². The van der Waals surface area contributed by atoms with E-state index < -0.39 is 18.0 Å². The molecule has 1 amide bonds. The summed E-state index contributed by atoms with van der Waals surface area (Å²) >= 11 is 0. The third kappa shape index (κ3) is 4.42. The molecule has 1 N–H and O–H groups in total. The minimum absolute atomic E-state index is 0.149. The predicted molar refractivity (Wildman–Crippen MR) is 103 cm³/mol. The molecule has 140 valence electrons. The number of carbonyl (C=O) groups excluding carboxylic acids is 3. The second kappa shape index (κ2) is 8.16. The highest BCUT2D eigenvalue weighted by Gasteiger charge is 2.21. The first-order valence-corrected chi connectivity index (χ1v) is 9.19. The Balaban J connectivity index is 1.66. The van der Waals surface area contributed by atoms with Crippen molar-refractivity contribution >= 4 is 23.3 Å². The lowest BCUT2D eigenvalue weighted by Crippen LogP contribution is -2.30. The summed E-state index contributed by atoms with van der Waals surface area (Å²) in [6.07, 6.45) is 3.33. The van der Waals surface area contributed by atoms with Crippen LogP contribution < -0.4 is 5.32 Å². The number of aryl methyl sites for hydroxylation is 2. The molecule has 0 radical (unpaired) electrons. The molecule has 0 spiro atoms. The number of anilines is 1. The minimum atomic E-state index is -0.978. The monoisotopic (exact) mass is 365 g/mol. The maximum atomic E-state index is 12.4. The van der Waals surface area contributed by atoms with Crippen molar-refractivity contribution in [3.05, 3.63) is 64.7 Å². The molecule has 0 aromatic heterocycles. The Morgan fingerprint density at radius 3 is 2.44 bits per heavy atom. The number of esters is 1. The highest BCUT2D eigenvalue weighted by molar-refractivity contribution is 6.05. The van der Waals surface area contributed by atoms with Crippen molar-refractivity contribution in [3.8, 4) is 0 Å². The van der Waals surface area contributed by atoms with Gasteiger partial charge in [0.25, 0.3) is 5.91 Å². The average Bonchev–Trinajstić information content (AvgIpc) is 2.67. The van der Waals surface area contributed by atoms with Crippen LogP contribution in [0.2, 0.25) is 0 Å². The molecule has 1 aliphatic carbocycles. The Morgan fingerprint density at radius 2 is 1.70 bits per heavy atom. The smallest absolute Gasteiger partial charge is 0.338 e. The van der Waals surface area contributed by atoms with E-state index in [-0.39, 0.29) is 5.78 Å². The summed E-state index contributed by atoms with van der Waals surface area (Å²) in [5.74, 6) is -1.15. The summed E-state index contributed by atoms with van der Waals surface area (Å²) in [6, 6.07) is 12.3. The van der Waals surface area contributed by atoms with Crippen molar-refractivity contribution in [1.29, 1.82) is 0 Å². The maximum absolute atomic E-state index is 12.4. The molecular formula is C22H23NO4. The van der Waals surface area contributed by atoms with Crippen LogP contribution in [0.4, 0.5) is 5.69 Å². The van der Waals surface area contributed by atoms with Crippen LogP contribution in [0, 0.1) is 0 Å². The number of hydrogen-bond donors (Lipinski definition) is 1. The summed E-state index contributed by atoms with van der Waals surface area (Å²) in [4.78, 5) is 36.5. The van der Waals surface area contributed by atoms with Gasteiger partial charge in [0, 0.05) is 5.56 Å². The largest absolute Gasteiger partial charge is 0.449 e. The fraction of sp³-hybridized carbons (Fsp3) is 0.318. The molecule has 0 saturated carbocycles. The van der Waals surface area contributed by atoms with E-state index in [2.05, 4.69) is 5.32 Å². The molecule has 0 bridgehead atoms. The Kier molecular flexibility index (Phi) is 5.69. The van der Waals surface area contributed by atoms with Gasteiger partial charge in [0.15, 0.2) is 11.9 Å². The van der Waals surface area contributed by atoms with Gasteiger partial charge >= 0.3 is 5.97 Å². The van der Waals surface area contributed by atoms with Crippen molar-refractivity contribution in [1.82, 2.24) is 0 Å². The third-order valence-corrected chi connectivity index (χ3v) is 4.80. The zero-order chi connectivity index (χ0) is 19.4. The fourth-order valence-electron chi connectivity index (χ4n) is 3.28. The molecule has 0 heterocycles. The van der Waals surface area contributed by atoms with Crippen LogP contribution in [-0.4, -0.2) is 23.8 Å². The summed E-state index contributed by atoms with van der Waals surface area (Å²) in [7, 11) is 0. The molecule has 5 heteroatoms. The van der Waals surface area contributed by atoms with Crippen molar-refractivity contribution in [2.24, 2.45) is 0 Å². The normalized spacial score (nSPS) is 14.0. The summed E-state index contributed by atoms with van der Waals surface area (Å²) < 4.78 is 5.33. The van der Waals surface area contributed by atoms with E-state index in [9.17, 15) is 14.4 Å². The van der Waals surface area contributed by atoms with Gasteiger partial charge in [-0.15, -0.1) is 0 Å². The number of rotatable bonds is 5. The van der Waals surface area contributed by atoms with Gasteiger partial charge in [-0.25, -0.2) is 4.79 Å². The topological polar surface area (TPSA) is 72.5 Å². The van der Waals surface area contributed by atoms with Gasteiger partial charge in [0.1, 0.15) is 0 Å². The zero-order valence-corrected chi connectivity index (χ0v) is 15.6. The number of hydrogen-bond acceptors (Lipinski definition) is 4. The lowest BCUT2D eigenvalue weighted by atomic mass is 9.90. The summed E-state index contributed by atoms with van der Waals surface area (Å²) in [6.45, 7) is 2.95. The number of fused-ring (bicyclic) bond motifs is 1. The molecule has 0 unspecified atom stereocenters. The Morgan fingerprint density at radius 1 is 1.00 bits per heavy atom. The van der Waals surface area contributed by atoms with Crippen LogP contribution in [-0.2, 0) is 22.4 Å². The van der Waals surface area contributed by atoms with Gasteiger partial charge in [-0.05, 0) is 74.9 Å².